The van der Waals surface area contributed by atoms with Gasteiger partial charge in [-0.25, -0.2) is 4.99 Å². The van der Waals surface area contributed by atoms with E-state index < -0.39 is 4.92 Å². The van der Waals surface area contributed by atoms with Crippen LogP contribution in [0, 0.1) is 17.0 Å². The lowest BCUT2D eigenvalue weighted by atomic mass is 10.1. The summed E-state index contributed by atoms with van der Waals surface area (Å²) in [5.41, 5.74) is 2.32. The number of aliphatic imine (C=N–C) groups is 1. The molecule has 122 valence electrons. The number of nitro groups is 1. The molecule has 1 aliphatic heterocycles. The number of carbonyl (C=O) groups excluding carboxylic acids is 1. The number of anilines is 1. The Morgan fingerprint density at radius 2 is 2.04 bits per heavy atom. The second kappa shape index (κ2) is 5.93. The highest BCUT2D eigenvalue weighted by Crippen LogP contribution is 2.37. The number of halogens is 1. The molecule has 2 aromatic carbocycles. The van der Waals surface area contributed by atoms with Crippen molar-refractivity contribution in [2.24, 2.45) is 4.99 Å². The van der Waals surface area contributed by atoms with Gasteiger partial charge in [0.25, 0.3) is 11.6 Å². The van der Waals surface area contributed by atoms with Crippen LogP contribution < -0.4 is 10.1 Å². The Morgan fingerprint density at radius 3 is 2.71 bits per heavy atom. The van der Waals surface area contributed by atoms with Gasteiger partial charge in [-0.2, -0.15) is 0 Å². The molecule has 0 radical (unpaired) electrons. The number of carbonyl (C=O) groups is 1. The summed E-state index contributed by atoms with van der Waals surface area (Å²) in [6.45, 7) is 1.85. The number of benzene rings is 2. The van der Waals surface area contributed by atoms with Gasteiger partial charge in [-0.1, -0.05) is 17.7 Å². The molecule has 1 aliphatic rings. The van der Waals surface area contributed by atoms with Gasteiger partial charge >= 0.3 is 0 Å². The quantitative estimate of drug-likeness (QED) is 0.678. The van der Waals surface area contributed by atoms with Crippen LogP contribution in [-0.2, 0) is 4.79 Å². The summed E-state index contributed by atoms with van der Waals surface area (Å²) >= 11 is 6.21. The molecule has 0 spiro atoms. The number of amides is 1. The van der Waals surface area contributed by atoms with Crippen LogP contribution in [0.15, 0.2) is 35.3 Å². The number of non-ortho nitro benzene ring substituents is 1. The van der Waals surface area contributed by atoms with Crippen molar-refractivity contribution in [1.82, 2.24) is 0 Å². The van der Waals surface area contributed by atoms with Gasteiger partial charge in [0.05, 0.1) is 28.8 Å². The van der Waals surface area contributed by atoms with E-state index in [9.17, 15) is 14.9 Å². The summed E-state index contributed by atoms with van der Waals surface area (Å²) < 4.78 is 5.15. The zero-order valence-corrected chi connectivity index (χ0v) is 13.5. The van der Waals surface area contributed by atoms with E-state index in [4.69, 9.17) is 16.3 Å². The van der Waals surface area contributed by atoms with Crippen molar-refractivity contribution in [2.75, 3.05) is 12.4 Å². The summed E-state index contributed by atoms with van der Waals surface area (Å²) in [7, 11) is 1.38. The molecular formula is C16H12ClN3O4. The zero-order chi connectivity index (χ0) is 17.4. The van der Waals surface area contributed by atoms with E-state index in [1.807, 2.05) is 6.92 Å². The largest absolute Gasteiger partial charge is 0.494 e. The van der Waals surface area contributed by atoms with Crippen molar-refractivity contribution < 1.29 is 14.5 Å². The highest BCUT2D eigenvalue weighted by atomic mass is 35.5. The van der Waals surface area contributed by atoms with E-state index in [2.05, 4.69) is 10.3 Å². The molecular weight excluding hydrogens is 334 g/mol. The molecule has 1 amide bonds. The van der Waals surface area contributed by atoms with Crippen molar-refractivity contribution in [3.8, 4) is 5.75 Å². The SMILES string of the molecule is COc1cc([N+](=O)[O-])ccc1N=C1C(=O)Nc2c(C)ccc(Cl)c21. The van der Waals surface area contributed by atoms with Gasteiger partial charge in [0.15, 0.2) is 5.75 Å². The average molecular weight is 346 g/mol. The third-order valence-electron chi connectivity index (χ3n) is 3.66. The maximum Gasteiger partial charge on any atom is 0.275 e. The third kappa shape index (κ3) is 2.59. The van der Waals surface area contributed by atoms with Gasteiger partial charge in [0.2, 0.25) is 0 Å². The number of methoxy groups -OCH3 is 1. The van der Waals surface area contributed by atoms with Crippen molar-refractivity contribution >= 4 is 40.3 Å². The van der Waals surface area contributed by atoms with E-state index in [1.54, 1.807) is 12.1 Å². The van der Waals surface area contributed by atoms with E-state index >= 15 is 0 Å². The first-order chi connectivity index (χ1) is 11.4. The number of hydrogen-bond acceptors (Lipinski definition) is 5. The molecule has 0 aliphatic carbocycles. The average Bonchev–Trinajstić information content (AvgIpc) is 2.89. The van der Waals surface area contributed by atoms with Crippen LogP contribution in [0.2, 0.25) is 5.02 Å². The Kier molecular flexibility index (Phi) is 3.94. The second-order valence-corrected chi connectivity index (χ2v) is 5.55. The maximum absolute atomic E-state index is 12.3. The van der Waals surface area contributed by atoms with Crippen LogP contribution in [0.25, 0.3) is 0 Å². The molecule has 0 unspecified atom stereocenters. The predicted molar refractivity (Wildman–Crippen MR) is 90.7 cm³/mol. The topological polar surface area (TPSA) is 93.8 Å². The van der Waals surface area contributed by atoms with E-state index in [0.717, 1.165) is 5.56 Å². The smallest absolute Gasteiger partial charge is 0.275 e. The minimum absolute atomic E-state index is 0.124. The third-order valence-corrected chi connectivity index (χ3v) is 3.97. The van der Waals surface area contributed by atoms with Gasteiger partial charge < -0.3 is 10.1 Å². The molecule has 3 rings (SSSR count). The standard InChI is InChI=1S/C16H12ClN3O4/c1-8-3-5-10(17)13-14(8)19-16(21)15(13)18-11-6-4-9(20(22)23)7-12(11)24-2/h3-7H,1-2H3,(H,18,19,21). The Bertz CT molecular complexity index is 908. The minimum atomic E-state index is -0.531. The lowest BCUT2D eigenvalue weighted by Crippen LogP contribution is -2.14. The Balaban J connectivity index is 2.16. The summed E-state index contributed by atoms with van der Waals surface area (Å²) in [5.74, 6) is -0.191. The number of aryl methyl sites for hydroxylation is 1. The van der Waals surface area contributed by atoms with Gasteiger partial charge in [0.1, 0.15) is 11.4 Å². The Labute approximate surface area is 142 Å². The second-order valence-electron chi connectivity index (χ2n) is 5.14. The molecule has 1 N–H and O–H groups in total. The van der Waals surface area contributed by atoms with E-state index in [-0.39, 0.29) is 23.1 Å². The highest BCUT2D eigenvalue weighted by Gasteiger charge is 2.30. The van der Waals surface area contributed by atoms with Crippen LogP contribution in [-0.4, -0.2) is 23.7 Å². The molecule has 24 heavy (non-hydrogen) atoms. The number of rotatable bonds is 3. The van der Waals surface area contributed by atoms with Crippen molar-refractivity contribution in [2.45, 2.75) is 6.92 Å². The van der Waals surface area contributed by atoms with E-state index in [0.29, 0.717) is 22.0 Å². The number of nitro benzene ring substituents is 1. The lowest BCUT2D eigenvalue weighted by Gasteiger charge is -2.06. The number of nitrogens with zero attached hydrogens (tertiary/aromatic N) is 2. The summed E-state index contributed by atoms with van der Waals surface area (Å²) in [6, 6.07) is 7.48. The molecule has 0 fully saturated rings. The van der Waals surface area contributed by atoms with Crippen LogP contribution in [0.3, 0.4) is 0 Å². The molecule has 0 aromatic heterocycles. The van der Waals surface area contributed by atoms with E-state index in [1.165, 1.54) is 25.3 Å². The molecule has 0 atom stereocenters. The van der Waals surface area contributed by atoms with Gasteiger partial charge in [-0.15, -0.1) is 0 Å². The zero-order valence-electron chi connectivity index (χ0n) is 12.8. The molecule has 8 heteroatoms. The predicted octanol–water partition coefficient (Wildman–Crippen LogP) is 3.64. The van der Waals surface area contributed by atoms with Crippen molar-refractivity contribution in [1.29, 1.82) is 0 Å². The fraction of sp³-hybridized carbons (Fsp3) is 0.125. The summed E-state index contributed by atoms with van der Waals surface area (Å²) in [6.07, 6.45) is 0. The fourth-order valence-corrected chi connectivity index (χ4v) is 2.71. The molecule has 2 aromatic rings. The first-order valence-corrected chi connectivity index (χ1v) is 7.32. The first kappa shape index (κ1) is 15.9. The van der Waals surface area contributed by atoms with Crippen LogP contribution in [0.4, 0.5) is 17.1 Å². The fourth-order valence-electron chi connectivity index (χ4n) is 2.46. The lowest BCUT2D eigenvalue weighted by molar-refractivity contribution is -0.384. The van der Waals surface area contributed by atoms with Crippen molar-refractivity contribution in [3.63, 3.8) is 0 Å². The summed E-state index contributed by atoms with van der Waals surface area (Å²) in [5, 5.41) is 14.0. The number of ether oxygens (including phenoxy) is 1. The minimum Gasteiger partial charge on any atom is -0.494 e. The summed E-state index contributed by atoms with van der Waals surface area (Å²) in [4.78, 5) is 26.9. The van der Waals surface area contributed by atoms with Crippen LogP contribution in [0.5, 0.6) is 5.75 Å². The number of nitrogens with one attached hydrogen (secondary N) is 1. The number of fused-ring (bicyclic) bond motifs is 1. The molecule has 0 saturated heterocycles. The Hall–Kier alpha value is -2.93. The number of hydrogen-bond donors (Lipinski definition) is 1. The monoisotopic (exact) mass is 345 g/mol. The van der Waals surface area contributed by atoms with Crippen molar-refractivity contribution in [3.05, 3.63) is 56.6 Å². The van der Waals surface area contributed by atoms with Crippen LogP contribution in [0.1, 0.15) is 11.1 Å². The first-order valence-electron chi connectivity index (χ1n) is 6.94. The Morgan fingerprint density at radius 1 is 1.29 bits per heavy atom. The van der Waals surface area contributed by atoms with Gasteiger partial charge in [-0.3, -0.25) is 14.9 Å². The molecule has 0 bridgehead atoms. The van der Waals surface area contributed by atoms with Gasteiger partial charge in [0, 0.05) is 11.6 Å². The van der Waals surface area contributed by atoms with Gasteiger partial charge in [-0.05, 0) is 24.6 Å². The highest BCUT2D eigenvalue weighted by molar-refractivity contribution is 6.57. The maximum atomic E-state index is 12.3. The molecule has 1 heterocycles. The van der Waals surface area contributed by atoms with Crippen LogP contribution >= 0.6 is 11.6 Å². The molecule has 0 saturated carbocycles. The normalized spacial score (nSPS) is 14.5. The molecule has 7 nitrogen and oxygen atoms in total.